The van der Waals surface area contributed by atoms with Crippen molar-refractivity contribution in [1.29, 1.82) is 0 Å². The van der Waals surface area contributed by atoms with Gasteiger partial charge in [-0.1, -0.05) is 62.2 Å². The fourth-order valence-electron chi connectivity index (χ4n) is 4.34. The number of anilines is 1. The van der Waals surface area contributed by atoms with Gasteiger partial charge in [0, 0.05) is 18.1 Å². The molecule has 2 amide bonds. The van der Waals surface area contributed by atoms with E-state index in [2.05, 4.69) is 5.32 Å². The lowest BCUT2D eigenvalue weighted by Gasteiger charge is -2.33. The Bertz CT molecular complexity index is 1480. The van der Waals surface area contributed by atoms with Crippen LogP contribution in [0.2, 0.25) is 5.02 Å². The van der Waals surface area contributed by atoms with Crippen molar-refractivity contribution < 1.29 is 27.1 Å². The molecule has 1 N–H and O–H groups in total. The number of amides is 2. The Labute approximate surface area is 252 Å². The Morgan fingerprint density at radius 3 is 2.24 bits per heavy atom. The minimum Gasteiger partial charge on any atom is -0.495 e. The van der Waals surface area contributed by atoms with Crippen molar-refractivity contribution in [1.82, 2.24) is 10.2 Å². The number of methoxy groups -OCH3 is 1. The average molecular weight is 618 g/mol. The summed E-state index contributed by atoms with van der Waals surface area (Å²) in [6.07, 6.45) is 0.266. The van der Waals surface area contributed by atoms with Gasteiger partial charge in [-0.25, -0.2) is 12.8 Å². The lowest BCUT2D eigenvalue weighted by Crippen LogP contribution is -2.52. The molecule has 0 saturated carbocycles. The normalized spacial score (nSPS) is 12.1. The van der Waals surface area contributed by atoms with Crippen LogP contribution in [0.4, 0.5) is 10.1 Å². The molecular formula is C31H37ClFN3O5S. The summed E-state index contributed by atoms with van der Waals surface area (Å²) < 4.78 is 48.2. The second-order valence-electron chi connectivity index (χ2n) is 10.4. The third kappa shape index (κ3) is 8.23. The van der Waals surface area contributed by atoms with E-state index in [4.69, 9.17) is 16.3 Å². The van der Waals surface area contributed by atoms with E-state index in [-0.39, 0.29) is 46.1 Å². The quantitative estimate of drug-likeness (QED) is 0.271. The Balaban J connectivity index is 2.11. The maximum atomic E-state index is 14.1. The van der Waals surface area contributed by atoms with Crippen LogP contribution >= 0.6 is 11.6 Å². The van der Waals surface area contributed by atoms with Crippen LogP contribution in [0.25, 0.3) is 0 Å². The standard InChI is InChI=1S/C31H37ClFN3O5S/c1-6-27(31(38)34-18-21(2)3)35(19-23-9-12-25(33)13-10-23)30(37)20-36(28-17-24(32)11-16-29(28)41-5)42(39,40)26-14-7-22(4)8-15-26/h7-17,21,27H,6,18-20H2,1-5H3,(H,34,38). The highest BCUT2D eigenvalue weighted by molar-refractivity contribution is 7.92. The zero-order valence-corrected chi connectivity index (χ0v) is 26.0. The number of rotatable bonds is 13. The van der Waals surface area contributed by atoms with Crippen LogP contribution in [0.3, 0.4) is 0 Å². The van der Waals surface area contributed by atoms with Gasteiger partial charge in [-0.2, -0.15) is 0 Å². The molecule has 42 heavy (non-hydrogen) atoms. The molecule has 226 valence electrons. The van der Waals surface area contributed by atoms with E-state index in [9.17, 15) is 22.4 Å². The molecule has 0 heterocycles. The van der Waals surface area contributed by atoms with Crippen molar-refractivity contribution in [2.75, 3.05) is 24.5 Å². The summed E-state index contributed by atoms with van der Waals surface area (Å²) in [5.41, 5.74) is 1.51. The molecule has 11 heteroatoms. The number of sulfonamides is 1. The molecule has 3 rings (SSSR count). The van der Waals surface area contributed by atoms with Gasteiger partial charge in [0.05, 0.1) is 17.7 Å². The number of hydrogen-bond donors (Lipinski definition) is 1. The van der Waals surface area contributed by atoms with Crippen molar-refractivity contribution in [2.45, 2.75) is 51.6 Å². The number of nitrogens with zero attached hydrogens (tertiary/aromatic N) is 2. The number of hydrogen-bond acceptors (Lipinski definition) is 5. The number of carbonyl (C=O) groups is 2. The molecule has 0 aromatic heterocycles. The van der Waals surface area contributed by atoms with Gasteiger partial charge in [0.1, 0.15) is 24.2 Å². The van der Waals surface area contributed by atoms with Crippen molar-refractivity contribution in [2.24, 2.45) is 5.92 Å². The van der Waals surface area contributed by atoms with Crippen molar-refractivity contribution in [3.63, 3.8) is 0 Å². The molecule has 0 aliphatic rings. The SMILES string of the molecule is CCC(C(=O)NCC(C)C)N(Cc1ccc(F)cc1)C(=O)CN(c1cc(Cl)ccc1OC)S(=O)(=O)c1ccc(C)cc1. The monoisotopic (exact) mass is 617 g/mol. The molecule has 3 aromatic rings. The first-order valence-electron chi connectivity index (χ1n) is 13.6. The van der Waals surface area contributed by atoms with E-state index in [1.807, 2.05) is 20.8 Å². The number of nitrogens with one attached hydrogen (secondary N) is 1. The minimum atomic E-state index is -4.30. The molecule has 1 atom stereocenters. The molecule has 0 aliphatic carbocycles. The predicted octanol–water partition coefficient (Wildman–Crippen LogP) is 5.57. The second-order valence-corrected chi connectivity index (χ2v) is 12.7. The lowest BCUT2D eigenvalue weighted by molar-refractivity contribution is -0.140. The molecule has 0 saturated heterocycles. The molecular weight excluding hydrogens is 581 g/mol. The van der Waals surface area contributed by atoms with Gasteiger partial charge in [-0.3, -0.25) is 13.9 Å². The number of halogens is 2. The highest BCUT2D eigenvalue weighted by Gasteiger charge is 2.35. The van der Waals surface area contributed by atoms with Crippen molar-refractivity contribution in [3.05, 3.63) is 88.7 Å². The molecule has 8 nitrogen and oxygen atoms in total. The summed E-state index contributed by atoms with van der Waals surface area (Å²) in [7, 11) is -2.92. The summed E-state index contributed by atoms with van der Waals surface area (Å²) >= 11 is 6.27. The first kappa shape index (κ1) is 32.9. The summed E-state index contributed by atoms with van der Waals surface area (Å²) in [6.45, 7) is 7.22. The predicted molar refractivity (Wildman–Crippen MR) is 163 cm³/mol. The van der Waals surface area contributed by atoms with Gasteiger partial charge in [-0.05, 0) is 67.3 Å². The summed E-state index contributed by atoms with van der Waals surface area (Å²) in [5.74, 6) is -1.08. The smallest absolute Gasteiger partial charge is 0.264 e. The van der Waals surface area contributed by atoms with Crippen molar-refractivity contribution in [3.8, 4) is 5.75 Å². The molecule has 0 bridgehead atoms. The van der Waals surface area contributed by atoms with Gasteiger partial charge in [0.2, 0.25) is 11.8 Å². The van der Waals surface area contributed by atoms with Gasteiger partial charge in [-0.15, -0.1) is 0 Å². The number of carbonyl (C=O) groups excluding carboxylic acids is 2. The molecule has 1 unspecified atom stereocenters. The topological polar surface area (TPSA) is 96.0 Å². The van der Waals surface area contributed by atoms with E-state index in [1.54, 1.807) is 25.1 Å². The fraction of sp³-hybridized carbons (Fsp3) is 0.355. The maximum Gasteiger partial charge on any atom is 0.264 e. The summed E-state index contributed by atoms with van der Waals surface area (Å²) in [6, 6.07) is 15.4. The first-order chi connectivity index (χ1) is 19.9. The average Bonchev–Trinajstić information content (AvgIpc) is 2.95. The highest BCUT2D eigenvalue weighted by Crippen LogP contribution is 2.35. The van der Waals surface area contributed by atoms with Crippen LogP contribution in [-0.4, -0.2) is 51.4 Å². The van der Waals surface area contributed by atoms with Crippen molar-refractivity contribution >= 4 is 39.1 Å². The van der Waals surface area contributed by atoms with E-state index < -0.39 is 34.3 Å². The van der Waals surface area contributed by atoms with Crippen LogP contribution in [-0.2, 0) is 26.2 Å². The summed E-state index contributed by atoms with van der Waals surface area (Å²) in [4.78, 5) is 28.7. The van der Waals surface area contributed by atoms with Gasteiger partial charge < -0.3 is 15.0 Å². The van der Waals surface area contributed by atoms with E-state index in [1.165, 1.54) is 60.5 Å². The highest BCUT2D eigenvalue weighted by atomic mass is 35.5. The van der Waals surface area contributed by atoms with Gasteiger partial charge in [0.15, 0.2) is 0 Å². The minimum absolute atomic E-state index is 0.0327. The Kier molecular flexibility index (Phi) is 11.4. The molecule has 0 spiro atoms. The number of aryl methyl sites for hydroxylation is 1. The summed E-state index contributed by atoms with van der Waals surface area (Å²) in [5, 5.41) is 3.11. The lowest BCUT2D eigenvalue weighted by atomic mass is 10.1. The zero-order chi connectivity index (χ0) is 31.0. The Hall–Kier alpha value is -3.63. The molecule has 0 radical (unpaired) electrons. The first-order valence-corrected chi connectivity index (χ1v) is 15.4. The van der Waals surface area contributed by atoms with Crippen LogP contribution < -0.4 is 14.4 Å². The van der Waals surface area contributed by atoms with Crippen LogP contribution in [0.15, 0.2) is 71.6 Å². The Morgan fingerprint density at radius 2 is 1.67 bits per heavy atom. The van der Waals surface area contributed by atoms with Gasteiger partial charge >= 0.3 is 0 Å². The maximum absolute atomic E-state index is 14.1. The number of benzene rings is 3. The van der Waals surface area contributed by atoms with E-state index in [0.717, 1.165) is 9.87 Å². The molecule has 0 aliphatic heterocycles. The van der Waals surface area contributed by atoms with Crippen LogP contribution in [0.1, 0.15) is 38.3 Å². The molecule has 3 aromatic carbocycles. The number of ether oxygens (including phenoxy) is 1. The van der Waals surface area contributed by atoms with E-state index >= 15 is 0 Å². The molecule has 0 fully saturated rings. The van der Waals surface area contributed by atoms with E-state index in [0.29, 0.717) is 12.1 Å². The third-order valence-electron chi connectivity index (χ3n) is 6.63. The van der Waals surface area contributed by atoms with Crippen LogP contribution in [0, 0.1) is 18.7 Å². The third-order valence-corrected chi connectivity index (χ3v) is 8.64. The largest absolute Gasteiger partial charge is 0.495 e. The Morgan fingerprint density at radius 1 is 1.02 bits per heavy atom. The second kappa shape index (κ2) is 14.5. The van der Waals surface area contributed by atoms with Crippen LogP contribution in [0.5, 0.6) is 5.75 Å². The fourth-order valence-corrected chi connectivity index (χ4v) is 5.92. The zero-order valence-electron chi connectivity index (χ0n) is 24.4. The van der Waals surface area contributed by atoms with Gasteiger partial charge in [0.25, 0.3) is 10.0 Å².